The van der Waals surface area contributed by atoms with E-state index in [2.05, 4.69) is 0 Å². The third-order valence-electron chi connectivity index (χ3n) is 7.87. The van der Waals surface area contributed by atoms with E-state index >= 15 is 0 Å². The van der Waals surface area contributed by atoms with E-state index in [1.807, 2.05) is 0 Å². The Morgan fingerprint density at radius 2 is 1.08 bits per heavy atom. The first-order valence-corrected chi connectivity index (χ1v) is 19.1. The molecule has 0 radical (unpaired) electrons. The van der Waals surface area contributed by atoms with Gasteiger partial charge in [-0.15, -0.1) is 0 Å². The molecule has 26 heavy (non-hydrogen) atoms. The molecule has 0 bridgehead atoms. The molecule has 0 aliphatic heterocycles. The third-order valence-corrected chi connectivity index (χ3v) is 16.6. The molecular formula is C21H39Cl2OPRu. The Morgan fingerprint density at radius 1 is 0.692 bits per heavy atom. The zero-order valence-corrected chi connectivity index (χ0v) is 20.6. The fraction of sp³-hybridized carbons (Fsp3) is 0.952. The van der Waals surface area contributed by atoms with Crippen LogP contribution in [0.3, 0.4) is 0 Å². The summed E-state index contributed by atoms with van der Waals surface area (Å²) in [7, 11) is 10.6. The van der Waals surface area contributed by atoms with Crippen molar-refractivity contribution < 1.29 is 18.3 Å². The Bertz CT molecular complexity index is 392. The van der Waals surface area contributed by atoms with Gasteiger partial charge in [0, 0.05) is 0 Å². The van der Waals surface area contributed by atoms with Gasteiger partial charge >= 0.3 is 176 Å². The van der Waals surface area contributed by atoms with Crippen LogP contribution in [0.15, 0.2) is 0 Å². The molecule has 3 saturated carbocycles. The molecule has 3 fully saturated rings. The summed E-state index contributed by atoms with van der Waals surface area (Å²) in [5.74, 6) is 0. The summed E-state index contributed by atoms with van der Waals surface area (Å²) in [6, 6.07) is 0. The molecular weight excluding hydrogens is 471 g/mol. The summed E-state index contributed by atoms with van der Waals surface area (Å²) >= 11 is -1.79. The molecule has 0 N–H and O–H groups in total. The molecule has 3 aliphatic rings. The molecule has 0 unspecified atom stereocenters. The summed E-state index contributed by atoms with van der Waals surface area (Å²) in [4.78, 5) is 1.79. The summed E-state index contributed by atoms with van der Waals surface area (Å²) in [6.45, 7) is 0.903. The van der Waals surface area contributed by atoms with Crippen molar-refractivity contribution >= 4 is 31.4 Å². The minimum atomic E-state index is -1.79. The van der Waals surface area contributed by atoms with Gasteiger partial charge in [-0.3, -0.25) is 0 Å². The Balaban J connectivity index is 1.84. The van der Waals surface area contributed by atoms with Crippen molar-refractivity contribution in [2.24, 2.45) is 0 Å². The predicted molar refractivity (Wildman–Crippen MR) is 118 cm³/mol. The van der Waals surface area contributed by atoms with Gasteiger partial charge in [-0.2, -0.15) is 0 Å². The first-order chi connectivity index (χ1) is 12.7. The first-order valence-electron chi connectivity index (χ1n) is 11.2. The van der Waals surface area contributed by atoms with E-state index in [0.717, 1.165) is 23.6 Å². The van der Waals surface area contributed by atoms with E-state index in [9.17, 15) is 0 Å². The average Bonchev–Trinajstić information content (AvgIpc) is 2.70. The maximum atomic E-state index is 6.01. The van der Waals surface area contributed by atoms with Gasteiger partial charge in [0.15, 0.2) is 0 Å². The third kappa shape index (κ3) is 5.75. The van der Waals surface area contributed by atoms with Crippen LogP contribution in [0.4, 0.5) is 0 Å². The van der Waals surface area contributed by atoms with Crippen LogP contribution in [-0.4, -0.2) is 34.5 Å². The Morgan fingerprint density at radius 3 is 1.42 bits per heavy atom. The zero-order valence-electron chi connectivity index (χ0n) is 16.3. The molecule has 3 rings (SSSR count). The molecule has 0 aromatic carbocycles. The number of halogens is 2. The number of ether oxygens (including phenoxy) is 1. The molecule has 156 valence electrons. The van der Waals surface area contributed by atoms with Crippen LogP contribution >= 0.6 is 26.6 Å². The molecule has 0 heterocycles. The van der Waals surface area contributed by atoms with Crippen LogP contribution in [-0.2, 0) is 18.3 Å². The van der Waals surface area contributed by atoms with Gasteiger partial charge < -0.3 is 0 Å². The Kier molecular flexibility index (Phi) is 9.88. The normalized spacial score (nSPS) is 25.8. The van der Waals surface area contributed by atoms with Gasteiger partial charge in [0.2, 0.25) is 0 Å². The Labute approximate surface area is 175 Å². The summed E-state index contributed by atoms with van der Waals surface area (Å²) in [5, 5.41) is 0. The van der Waals surface area contributed by atoms with Gasteiger partial charge in [0.25, 0.3) is 0 Å². The van der Waals surface area contributed by atoms with Crippen molar-refractivity contribution in [1.82, 2.24) is 0 Å². The topological polar surface area (TPSA) is 9.23 Å². The maximum absolute atomic E-state index is 6.01. The molecule has 3 aliphatic carbocycles. The second-order valence-electron chi connectivity index (χ2n) is 9.03. The molecule has 0 saturated heterocycles. The summed E-state index contributed by atoms with van der Waals surface area (Å²) in [6.07, 6.45) is 24.0. The van der Waals surface area contributed by atoms with Gasteiger partial charge in [0.1, 0.15) is 0 Å². The van der Waals surface area contributed by atoms with E-state index in [-0.39, 0.29) is 0 Å². The second-order valence-corrected chi connectivity index (χ2v) is 19.8. The van der Waals surface area contributed by atoms with Gasteiger partial charge in [-0.05, 0) is 0 Å². The van der Waals surface area contributed by atoms with Crippen LogP contribution in [0, 0.1) is 0 Å². The van der Waals surface area contributed by atoms with Crippen LogP contribution in [0.5, 0.6) is 0 Å². The molecule has 5 heteroatoms. The fourth-order valence-corrected chi connectivity index (χ4v) is 16.0. The average molecular weight is 510 g/mol. The van der Waals surface area contributed by atoms with Crippen molar-refractivity contribution in [3.8, 4) is 0 Å². The molecule has 0 aromatic heterocycles. The minimum absolute atomic E-state index is 0.903. The van der Waals surface area contributed by atoms with Crippen molar-refractivity contribution in [3.05, 3.63) is 0 Å². The van der Waals surface area contributed by atoms with Crippen molar-refractivity contribution in [2.45, 2.75) is 113 Å². The monoisotopic (exact) mass is 510 g/mol. The van der Waals surface area contributed by atoms with Crippen LogP contribution in [0.25, 0.3) is 0 Å². The van der Waals surface area contributed by atoms with Gasteiger partial charge in [0.05, 0.1) is 0 Å². The molecule has 0 atom stereocenters. The van der Waals surface area contributed by atoms with E-state index in [1.165, 1.54) is 102 Å². The van der Waals surface area contributed by atoms with Crippen molar-refractivity contribution in [3.63, 3.8) is 0 Å². The predicted octanol–water partition coefficient (Wildman–Crippen LogP) is 7.44. The SMILES string of the molecule is [Cl][Ru]([Cl])=[CH]OCC[PH](C1CCCCC1)(C1CCCCC1)C1CCCCC1. The molecule has 0 aromatic rings. The quantitative estimate of drug-likeness (QED) is 0.197. The second kappa shape index (κ2) is 11.6. The summed E-state index contributed by atoms with van der Waals surface area (Å²) < 4.78 is 5.93. The van der Waals surface area contributed by atoms with Crippen LogP contribution < -0.4 is 0 Å². The fourth-order valence-electron chi connectivity index (χ4n) is 6.85. The van der Waals surface area contributed by atoms with E-state index in [1.54, 1.807) is 4.80 Å². The zero-order chi connectivity index (χ0) is 18.2. The van der Waals surface area contributed by atoms with Crippen molar-refractivity contribution in [1.29, 1.82) is 0 Å². The molecule has 0 amide bonds. The molecule has 1 nitrogen and oxygen atoms in total. The number of hydrogen-bond donors (Lipinski definition) is 0. The van der Waals surface area contributed by atoms with Gasteiger partial charge in [-0.1, -0.05) is 0 Å². The van der Waals surface area contributed by atoms with E-state index in [4.69, 9.17) is 24.1 Å². The van der Waals surface area contributed by atoms with Gasteiger partial charge in [-0.25, -0.2) is 0 Å². The number of rotatable bonds is 7. The van der Waals surface area contributed by atoms with E-state index in [0.29, 0.717) is 0 Å². The van der Waals surface area contributed by atoms with Crippen LogP contribution in [0.2, 0.25) is 0 Å². The Hall–Kier alpha value is 1.46. The van der Waals surface area contributed by atoms with E-state index < -0.39 is 20.8 Å². The standard InChI is InChI=1S/C21H39OP.2ClH.Ru/c1-22-17-18-23(19-11-5-2-6-12-19,20-13-7-3-8-14-20)21-15-9-4-10-16-21;;;/h1,19-21,23H,2-18H2;2*1H;/q;;;+2/p-2. The first kappa shape index (κ1) is 22.2. The summed E-state index contributed by atoms with van der Waals surface area (Å²) in [5.41, 5.74) is 3.23. The number of hydrogen-bond acceptors (Lipinski definition) is 1. The van der Waals surface area contributed by atoms with Crippen LogP contribution in [0.1, 0.15) is 96.3 Å². The van der Waals surface area contributed by atoms with Crippen molar-refractivity contribution in [2.75, 3.05) is 12.8 Å². The molecule has 0 spiro atoms.